The van der Waals surface area contributed by atoms with Crippen molar-refractivity contribution in [3.05, 3.63) is 121 Å². The first-order chi connectivity index (χ1) is 62.0. The van der Waals surface area contributed by atoms with Crippen LogP contribution in [0.5, 0.6) is 11.5 Å². The van der Waals surface area contributed by atoms with E-state index in [1.807, 2.05) is 26.0 Å². The Morgan fingerprint density at radius 2 is 0.926 bits per heavy atom. The second-order valence-electron chi connectivity index (χ2n) is 39.9. The maximum atomic E-state index is 14.8. The van der Waals surface area contributed by atoms with Crippen LogP contribution in [0.1, 0.15) is 285 Å². The zero-order valence-electron chi connectivity index (χ0n) is 84.4. The Bertz CT molecular complexity index is 4920. The number of esters is 2. The Kier molecular flexibility index (Phi) is 46.8. The normalized spacial score (nSPS) is 17.2. The summed E-state index contributed by atoms with van der Waals surface area (Å²) in [5, 5.41) is 24.8. The van der Waals surface area contributed by atoms with Crippen LogP contribution in [0, 0.1) is 124 Å². The molecule has 32 nitrogen and oxygen atoms in total. The number of likely N-dealkylation sites (N-methyl/N-ethyl adjacent to an activating group) is 1. The summed E-state index contributed by atoms with van der Waals surface area (Å²) in [6.45, 7) is 52.1. The zero-order valence-corrected chi connectivity index (χ0v) is 87.1. The molecule has 0 unspecified atom stereocenters. The van der Waals surface area contributed by atoms with Gasteiger partial charge in [-0.05, 0) is 232 Å². The smallest absolute Gasteiger partial charge is 0.870 e. The molecule has 0 saturated carbocycles. The van der Waals surface area contributed by atoms with Gasteiger partial charge in [0.1, 0.15) is 47.4 Å². The number of benzene rings is 2. The van der Waals surface area contributed by atoms with E-state index in [1.54, 1.807) is 78.8 Å². The fourth-order valence-corrected chi connectivity index (χ4v) is 18.4. The molecule has 34 heteroatoms. The van der Waals surface area contributed by atoms with Crippen molar-refractivity contribution >= 4 is 76.5 Å². The molecule has 5 aliphatic rings. The Morgan fingerprint density at radius 1 is 0.556 bits per heavy atom. The number of hydrogen-bond donors (Lipinski definition) is 6. The number of carboxylic acids is 1. The van der Waals surface area contributed by atoms with E-state index in [2.05, 4.69) is 143 Å². The van der Waals surface area contributed by atoms with Crippen LogP contribution in [0.3, 0.4) is 0 Å². The third-order valence-electron chi connectivity index (χ3n) is 26.2. The van der Waals surface area contributed by atoms with Crippen molar-refractivity contribution in [1.82, 2.24) is 55.4 Å². The summed E-state index contributed by atoms with van der Waals surface area (Å²) in [5.74, 6) is 0.149. The minimum Gasteiger partial charge on any atom is -0.870 e. The van der Waals surface area contributed by atoms with Gasteiger partial charge in [-0.15, -0.1) is 0 Å². The number of nitrogens with one attached hydrogen (secondary N) is 2. The summed E-state index contributed by atoms with van der Waals surface area (Å²) in [6.07, 6.45) is 9.01. The molecular weight excluding hydrogens is 1750 g/mol. The van der Waals surface area contributed by atoms with Gasteiger partial charge < -0.3 is 77.0 Å². The number of Topliss-reactive ketones (excluding diaryl/α,β-unsaturated/α-hetero) is 3. The van der Waals surface area contributed by atoms with Gasteiger partial charge in [0, 0.05) is 108 Å². The van der Waals surface area contributed by atoms with Crippen LogP contribution in [0.25, 0.3) is 11.1 Å². The van der Waals surface area contributed by atoms with E-state index >= 15 is 0 Å². The van der Waals surface area contributed by atoms with E-state index in [0.717, 1.165) is 95.6 Å². The number of carbonyl (C=O) groups excluding carboxylic acids is 7. The SMILES string of the molecule is C.CC(C)(C)C1CCNCC1.COC(=O)c1c(C)nc(Cl)nc1C.COC(=O)c1c(C)nc(N2CCC(C(C)(C)C)CC2)nc1C.Cc1nc(N2CCC(C(C)(C)C)CC2)nc(C)c1C(=O)C[C@@H](CCN)C(=O)N(C)[C@@H]1C(=O)C[C@@H](C)C(=O)N[C@H](C(=O)CCC#N)Cc2ccc(OCCN)c(c2)-c2cc1ccc2OCCN.Cc1nc(N2CCC(C(C)(C)C)CC2)nc(C)c1C(=O)O.[Na+].[OH-]. The van der Waals surface area contributed by atoms with Crippen molar-refractivity contribution in [2.24, 2.45) is 74.4 Å². The standard InChI is InChI=1S/C50H69N9O7.C17H27N3O2.C16H25N3O2.C9H19N.C8H9ClN2O2.CH4.Na.H2O/c1-30-25-42(62)46(58(7)48(64)35(14-18-52)29-41(61)45-31(2)55-49(56-32(45)3)59-21-15-36(16-22-59)50(4,5)6)34-11-13-44(66-24-20-54)38(28-34)37-26-33(10-12-43(37)65-23-19-53)27-39(57-47(30)63)40(60)9-8-17-51;1-11-14(15(21)22-6)12(2)19-16(18-11)20-9-7-13(8-10-20)17(3,4)5;1-10-13(14(20)21)11(2)18-15(17-10)19-8-6-12(7-9-19)16(3,4)5;1-9(2,3)8-4-6-10-7-5-8;1-4-6(7(12)13-3)5(2)11-8(9)10-4;;;/h10-13,26,28,30,35-36,39,46H,8-9,14-16,18-25,27,29,52-54H2,1-7H3,(H,57,63);13H,7-10H2,1-6H3;12H,6-9H2,1-5H3,(H,20,21);8,10H,4-7H2,1-3H3;1-3H3;1H4;;1H2/q;;;;;;+1;/p-1/t30-,35-,39+,46+;;;;;;;/m1......./s1. The number of rotatable bonds is 22. The molecule has 4 saturated heterocycles. The molecule has 2 amide bonds. The first kappa shape index (κ1) is 118. The summed E-state index contributed by atoms with van der Waals surface area (Å²) in [7, 11) is 4.21. The van der Waals surface area contributed by atoms with Crippen LogP contribution in [0.4, 0.5) is 17.8 Å². The van der Waals surface area contributed by atoms with Gasteiger partial charge in [-0.2, -0.15) is 5.26 Å². The molecule has 2 aromatic carbocycles. The Morgan fingerprint density at radius 3 is 1.29 bits per heavy atom. The number of methoxy groups -OCH3 is 2. The van der Waals surface area contributed by atoms with Crippen LogP contribution >= 0.6 is 11.6 Å². The van der Waals surface area contributed by atoms with Gasteiger partial charge in [0.05, 0.1) is 77.4 Å². The minimum atomic E-state index is -1.23. The number of nitrogens with zero attached hydrogens (tertiary/aromatic N) is 13. The second kappa shape index (κ2) is 53.6. The number of carboxylic acid groups (broad SMARTS) is 1. The van der Waals surface area contributed by atoms with E-state index in [-0.39, 0.29) is 148 Å². The number of halogens is 1. The molecule has 0 aliphatic carbocycles. The number of piperidine rings is 4. The Hall–Kier alpha value is -9.30. The molecule has 5 aliphatic heterocycles. The average Bonchev–Trinajstić information content (AvgIpc) is 0.786. The molecule has 9 heterocycles. The second-order valence-corrected chi connectivity index (χ2v) is 40.2. The average molecular weight is 1900 g/mol. The monoisotopic (exact) mass is 1900 g/mol. The number of carbonyl (C=O) groups is 8. The molecule has 4 atom stereocenters. The van der Waals surface area contributed by atoms with Crippen LogP contribution in [-0.2, 0) is 35.1 Å². The van der Waals surface area contributed by atoms with E-state index in [4.69, 9.17) is 53.0 Å². The van der Waals surface area contributed by atoms with Gasteiger partial charge in [0.25, 0.3) is 0 Å². The number of anilines is 3. The van der Waals surface area contributed by atoms with Crippen LogP contribution in [0.2, 0.25) is 5.28 Å². The molecular formula is C101H154ClN18NaO14. The molecule has 740 valence electrons. The van der Waals surface area contributed by atoms with Crippen molar-refractivity contribution < 1.29 is 97.4 Å². The van der Waals surface area contributed by atoms with Crippen molar-refractivity contribution in [3.63, 3.8) is 0 Å². The minimum absolute atomic E-state index is 0. The van der Waals surface area contributed by atoms with Crippen molar-refractivity contribution in [2.45, 2.75) is 255 Å². The summed E-state index contributed by atoms with van der Waals surface area (Å²) in [5.41, 5.74) is 27.5. The van der Waals surface area contributed by atoms with E-state index in [9.17, 15) is 48.7 Å². The first-order valence-electron chi connectivity index (χ1n) is 46.6. The molecule has 0 radical (unpaired) electrons. The third-order valence-corrected chi connectivity index (χ3v) is 26.4. The summed E-state index contributed by atoms with van der Waals surface area (Å²) in [6, 6.07) is 10.3. The number of aromatic carboxylic acids is 1. The topological polar surface area (TPSA) is 466 Å². The number of hydrogen-bond acceptors (Lipinski definition) is 29. The van der Waals surface area contributed by atoms with Crippen molar-refractivity contribution in [2.75, 3.05) is 121 Å². The molecule has 4 bridgehead atoms. The molecule has 4 aromatic heterocycles. The van der Waals surface area contributed by atoms with Gasteiger partial charge in [-0.25, -0.2) is 54.3 Å². The maximum Gasteiger partial charge on any atom is 1.00 e. The summed E-state index contributed by atoms with van der Waals surface area (Å²) < 4.78 is 21.7. The van der Waals surface area contributed by atoms with E-state index in [0.29, 0.717) is 136 Å². The largest absolute Gasteiger partial charge is 1.00 e. The van der Waals surface area contributed by atoms with Gasteiger partial charge in [0.2, 0.25) is 34.9 Å². The van der Waals surface area contributed by atoms with Crippen molar-refractivity contribution in [3.8, 4) is 28.7 Å². The van der Waals surface area contributed by atoms with Crippen molar-refractivity contribution in [1.29, 1.82) is 5.26 Å². The quantitative estimate of drug-likeness (QED) is 0.0159. The number of ketones is 3. The third kappa shape index (κ3) is 33.2. The van der Waals surface area contributed by atoms with Gasteiger partial charge in [-0.3, -0.25) is 24.0 Å². The summed E-state index contributed by atoms with van der Waals surface area (Å²) in [4.78, 5) is 148. The fraction of sp³-hybridized carbons (Fsp3) is 0.634. The molecule has 4 fully saturated rings. The molecule has 11 rings (SSSR count). The van der Waals surface area contributed by atoms with Crippen LogP contribution < -0.4 is 81.6 Å². The van der Waals surface area contributed by atoms with Gasteiger partial charge in [-0.1, -0.05) is 110 Å². The number of amides is 2. The van der Waals surface area contributed by atoms with E-state index < -0.39 is 53.5 Å². The van der Waals surface area contributed by atoms with E-state index in [1.165, 1.54) is 52.1 Å². The first-order valence-corrected chi connectivity index (χ1v) is 47.0. The predicted octanol–water partition coefficient (Wildman–Crippen LogP) is 12.2. The molecule has 6 aromatic rings. The number of ether oxygens (including phenoxy) is 4. The number of nitrogens with two attached hydrogens (primary N) is 3. The van der Waals surface area contributed by atoms with Gasteiger partial charge >= 0.3 is 47.5 Å². The van der Waals surface area contributed by atoms with Gasteiger partial charge in [0.15, 0.2) is 17.3 Å². The molecule has 135 heavy (non-hydrogen) atoms. The molecule has 10 N–H and O–H groups in total. The fourth-order valence-electron chi connectivity index (χ4n) is 18.2. The number of nitriles is 1. The zero-order chi connectivity index (χ0) is 98.2. The van der Waals surface area contributed by atoms with Crippen LogP contribution in [-0.4, -0.2) is 215 Å². The Balaban J connectivity index is 0.000000441. The Labute approximate surface area is 828 Å². The molecule has 0 spiro atoms. The summed E-state index contributed by atoms with van der Waals surface area (Å²) >= 11 is 5.60. The number of fused-ring (bicyclic) bond motifs is 5. The maximum absolute atomic E-state index is 14.8. The van der Waals surface area contributed by atoms with Crippen LogP contribution in [0.15, 0.2) is 36.4 Å². The number of aromatic nitrogens is 8. The number of aryl methyl sites for hydroxylation is 8. The predicted molar refractivity (Wildman–Crippen MR) is 524 cm³/mol.